The van der Waals surface area contributed by atoms with E-state index in [0.29, 0.717) is 54.0 Å². The van der Waals surface area contributed by atoms with E-state index in [2.05, 4.69) is 18.7 Å². The lowest BCUT2D eigenvalue weighted by molar-refractivity contribution is -0.138. The Bertz CT molecular complexity index is 807. The Balaban J connectivity index is 1.96. The number of likely N-dealkylation sites (tertiary alicyclic amines) is 1. The fourth-order valence-electron chi connectivity index (χ4n) is 4.54. The van der Waals surface area contributed by atoms with Gasteiger partial charge in [-0.3, -0.25) is 14.5 Å². The summed E-state index contributed by atoms with van der Waals surface area (Å²) in [7, 11) is 1.59. The Morgan fingerprint density at radius 2 is 1.73 bits per heavy atom. The van der Waals surface area contributed by atoms with Crippen molar-refractivity contribution in [3.8, 4) is 5.75 Å². The maximum absolute atomic E-state index is 13.5. The molecule has 30 heavy (non-hydrogen) atoms. The van der Waals surface area contributed by atoms with Gasteiger partial charge in [0.05, 0.1) is 18.8 Å². The van der Waals surface area contributed by atoms with Crippen LogP contribution in [0.4, 0.5) is 0 Å². The van der Waals surface area contributed by atoms with Crippen molar-refractivity contribution in [2.45, 2.75) is 46.6 Å². The van der Waals surface area contributed by atoms with Gasteiger partial charge in [-0.1, -0.05) is 32.0 Å². The van der Waals surface area contributed by atoms with Gasteiger partial charge in [-0.15, -0.1) is 0 Å². The summed E-state index contributed by atoms with van der Waals surface area (Å²) >= 11 is 0. The molecule has 164 valence electrons. The molecule has 2 aliphatic rings. The van der Waals surface area contributed by atoms with Crippen LogP contribution in [0, 0.1) is 11.8 Å². The summed E-state index contributed by atoms with van der Waals surface area (Å²) in [5.41, 5.74) is 1.66. The summed E-state index contributed by atoms with van der Waals surface area (Å²) in [4.78, 5) is 30.4. The van der Waals surface area contributed by atoms with Gasteiger partial charge in [0.25, 0.3) is 11.8 Å². The number of hydrogen-bond donors (Lipinski definition) is 0. The van der Waals surface area contributed by atoms with Gasteiger partial charge in [0.2, 0.25) is 0 Å². The quantitative estimate of drug-likeness (QED) is 0.481. The number of benzene rings is 1. The molecular weight excluding hydrogens is 380 g/mol. The predicted molar refractivity (Wildman–Crippen MR) is 117 cm³/mol. The SMILES string of the molecule is COc1ccccc1C1=C(N2CC(C)CC(C)C2)C(=O)N(CCCOC(C)C)C1=O. The fraction of sp³-hybridized carbons (Fsp3) is 0.583. The monoisotopic (exact) mass is 414 g/mol. The molecule has 1 saturated heterocycles. The topological polar surface area (TPSA) is 59.1 Å². The molecule has 3 rings (SSSR count). The molecule has 0 saturated carbocycles. The van der Waals surface area contributed by atoms with E-state index in [1.807, 2.05) is 38.1 Å². The highest BCUT2D eigenvalue weighted by Crippen LogP contribution is 2.38. The number of rotatable bonds is 8. The van der Waals surface area contributed by atoms with Crippen molar-refractivity contribution in [1.82, 2.24) is 9.80 Å². The van der Waals surface area contributed by atoms with Crippen molar-refractivity contribution in [2.24, 2.45) is 11.8 Å². The van der Waals surface area contributed by atoms with Crippen LogP contribution in [0.25, 0.3) is 5.57 Å². The maximum atomic E-state index is 13.5. The average Bonchev–Trinajstić information content (AvgIpc) is 2.94. The molecule has 0 spiro atoms. The van der Waals surface area contributed by atoms with Crippen LogP contribution >= 0.6 is 0 Å². The Labute approximate surface area is 179 Å². The number of amides is 2. The first-order chi connectivity index (χ1) is 14.3. The average molecular weight is 415 g/mol. The van der Waals surface area contributed by atoms with Gasteiger partial charge in [-0.05, 0) is 44.6 Å². The minimum atomic E-state index is -0.241. The van der Waals surface area contributed by atoms with E-state index >= 15 is 0 Å². The second kappa shape index (κ2) is 9.65. The summed E-state index contributed by atoms with van der Waals surface area (Å²) in [6.45, 7) is 10.8. The smallest absolute Gasteiger partial charge is 0.277 e. The van der Waals surface area contributed by atoms with Crippen LogP contribution in [0.1, 0.15) is 46.1 Å². The lowest BCUT2D eigenvalue weighted by Crippen LogP contribution is -2.42. The third-order valence-corrected chi connectivity index (χ3v) is 5.68. The first-order valence-corrected chi connectivity index (χ1v) is 10.9. The number of piperidine rings is 1. The van der Waals surface area contributed by atoms with Crippen molar-refractivity contribution >= 4 is 17.4 Å². The van der Waals surface area contributed by atoms with Crippen molar-refractivity contribution in [3.63, 3.8) is 0 Å². The summed E-state index contributed by atoms with van der Waals surface area (Å²) in [6, 6.07) is 7.44. The molecule has 2 amide bonds. The zero-order chi connectivity index (χ0) is 21.8. The van der Waals surface area contributed by atoms with Crippen LogP contribution in [0.2, 0.25) is 0 Å². The molecule has 2 heterocycles. The molecule has 0 N–H and O–H groups in total. The molecule has 0 bridgehead atoms. The van der Waals surface area contributed by atoms with E-state index in [-0.39, 0.29) is 17.9 Å². The van der Waals surface area contributed by atoms with E-state index in [1.54, 1.807) is 7.11 Å². The van der Waals surface area contributed by atoms with Gasteiger partial charge >= 0.3 is 0 Å². The fourth-order valence-corrected chi connectivity index (χ4v) is 4.54. The van der Waals surface area contributed by atoms with Gasteiger partial charge in [-0.2, -0.15) is 0 Å². The molecule has 2 unspecified atom stereocenters. The van der Waals surface area contributed by atoms with Gasteiger partial charge in [0.15, 0.2) is 0 Å². The lowest BCUT2D eigenvalue weighted by Gasteiger charge is -2.37. The molecule has 0 radical (unpaired) electrons. The Morgan fingerprint density at radius 1 is 1.07 bits per heavy atom. The van der Waals surface area contributed by atoms with Crippen molar-refractivity contribution < 1.29 is 19.1 Å². The Kier molecular flexibility index (Phi) is 7.19. The van der Waals surface area contributed by atoms with Gasteiger partial charge in [0, 0.05) is 31.8 Å². The highest BCUT2D eigenvalue weighted by atomic mass is 16.5. The van der Waals surface area contributed by atoms with Crippen LogP contribution < -0.4 is 4.74 Å². The molecular formula is C24H34N2O4. The highest BCUT2D eigenvalue weighted by Gasteiger charge is 2.43. The zero-order valence-corrected chi connectivity index (χ0v) is 18.8. The van der Waals surface area contributed by atoms with E-state index in [0.717, 1.165) is 19.5 Å². The van der Waals surface area contributed by atoms with Crippen LogP contribution in [-0.4, -0.2) is 61.1 Å². The first kappa shape index (κ1) is 22.3. The van der Waals surface area contributed by atoms with Crippen molar-refractivity contribution in [3.05, 3.63) is 35.5 Å². The number of para-hydroxylation sites is 1. The largest absolute Gasteiger partial charge is 0.496 e. The van der Waals surface area contributed by atoms with E-state index < -0.39 is 0 Å². The van der Waals surface area contributed by atoms with Crippen LogP contribution in [0.3, 0.4) is 0 Å². The summed E-state index contributed by atoms with van der Waals surface area (Å²) < 4.78 is 11.1. The first-order valence-electron chi connectivity index (χ1n) is 10.9. The number of methoxy groups -OCH3 is 1. The normalized spacial score (nSPS) is 22.5. The molecule has 2 atom stereocenters. The maximum Gasteiger partial charge on any atom is 0.277 e. The number of ether oxygens (including phenoxy) is 2. The number of hydrogen-bond acceptors (Lipinski definition) is 5. The Hall–Kier alpha value is -2.34. The molecule has 0 aromatic heterocycles. The molecule has 2 aliphatic heterocycles. The van der Waals surface area contributed by atoms with Crippen LogP contribution in [-0.2, 0) is 14.3 Å². The number of carbonyl (C=O) groups excluding carboxylic acids is 2. The van der Waals surface area contributed by atoms with Crippen molar-refractivity contribution in [1.29, 1.82) is 0 Å². The summed E-state index contributed by atoms with van der Waals surface area (Å²) in [5, 5.41) is 0. The molecule has 1 aromatic rings. The number of carbonyl (C=O) groups is 2. The van der Waals surface area contributed by atoms with E-state index in [1.165, 1.54) is 4.90 Å². The van der Waals surface area contributed by atoms with Crippen molar-refractivity contribution in [2.75, 3.05) is 33.4 Å². The van der Waals surface area contributed by atoms with Gasteiger partial charge in [-0.25, -0.2) is 0 Å². The lowest BCUT2D eigenvalue weighted by atomic mass is 9.91. The number of nitrogens with zero attached hydrogens (tertiary/aromatic N) is 2. The molecule has 6 heteroatoms. The second-order valence-corrected chi connectivity index (χ2v) is 8.81. The van der Waals surface area contributed by atoms with E-state index in [4.69, 9.17) is 9.47 Å². The minimum Gasteiger partial charge on any atom is -0.496 e. The zero-order valence-electron chi connectivity index (χ0n) is 18.8. The third kappa shape index (κ3) is 4.69. The number of imide groups is 1. The van der Waals surface area contributed by atoms with E-state index in [9.17, 15) is 9.59 Å². The standard InChI is InChI=1S/C24H34N2O4/c1-16(2)30-12-8-11-26-23(27)21(19-9-6-7-10-20(19)29-5)22(24(26)28)25-14-17(3)13-18(4)15-25/h6-7,9-10,16-18H,8,11-15H2,1-5H3. The summed E-state index contributed by atoms with van der Waals surface area (Å²) in [5.74, 6) is 1.10. The van der Waals surface area contributed by atoms with Gasteiger partial charge in [0.1, 0.15) is 11.4 Å². The molecule has 1 aromatic carbocycles. The molecule has 6 nitrogen and oxygen atoms in total. The molecule has 1 fully saturated rings. The predicted octanol–water partition coefficient (Wildman–Crippen LogP) is 3.57. The molecule has 0 aliphatic carbocycles. The highest BCUT2D eigenvalue weighted by molar-refractivity contribution is 6.36. The summed E-state index contributed by atoms with van der Waals surface area (Å²) in [6.07, 6.45) is 1.88. The van der Waals surface area contributed by atoms with Gasteiger partial charge < -0.3 is 14.4 Å². The second-order valence-electron chi connectivity index (χ2n) is 8.81. The Morgan fingerprint density at radius 3 is 2.37 bits per heavy atom. The van der Waals surface area contributed by atoms with Crippen LogP contribution in [0.15, 0.2) is 30.0 Å². The van der Waals surface area contributed by atoms with Crippen LogP contribution in [0.5, 0.6) is 5.75 Å². The third-order valence-electron chi connectivity index (χ3n) is 5.68. The minimum absolute atomic E-state index is 0.129.